The van der Waals surface area contributed by atoms with Crippen LogP contribution in [-0.4, -0.2) is 53.7 Å². The summed E-state index contributed by atoms with van der Waals surface area (Å²) in [5.74, 6) is 1.83. The van der Waals surface area contributed by atoms with Gasteiger partial charge in [0.15, 0.2) is 11.5 Å². The average Bonchev–Trinajstić information content (AvgIpc) is 3.07. The molecule has 3 heterocycles. The van der Waals surface area contributed by atoms with Crippen LogP contribution >= 0.6 is 0 Å². The molecule has 0 saturated carbocycles. The number of ether oxygens (including phenoxy) is 3. The van der Waals surface area contributed by atoms with Crippen LogP contribution < -0.4 is 9.47 Å². The Morgan fingerprint density at radius 1 is 1.29 bits per heavy atom. The van der Waals surface area contributed by atoms with Crippen LogP contribution in [0.3, 0.4) is 0 Å². The van der Waals surface area contributed by atoms with E-state index in [0.29, 0.717) is 50.0 Å². The Balaban J connectivity index is 1.56. The van der Waals surface area contributed by atoms with Crippen LogP contribution in [0.2, 0.25) is 0 Å². The predicted molar refractivity (Wildman–Crippen MR) is 85.4 cm³/mol. The van der Waals surface area contributed by atoms with Crippen molar-refractivity contribution >= 4 is 5.91 Å². The van der Waals surface area contributed by atoms with E-state index in [-0.39, 0.29) is 12.0 Å². The number of aromatic amines is 1. The number of aromatic nitrogens is 2. The second-order valence-electron chi connectivity index (χ2n) is 5.89. The van der Waals surface area contributed by atoms with Gasteiger partial charge in [0.1, 0.15) is 25.1 Å². The molecule has 1 aromatic heterocycles. The Hall–Kier alpha value is -2.54. The van der Waals surface area contributed by atoms with Gasteiger partial charge >= 0.3 is 0 Å². The predicted octanol–water partition coefficient (Wildman–Crippen LogP) is 1.70. The highest BCUT2D eigenvalue weighted by atomic mass is 16.6. The van der Waals surface area contributed by atoms with Crippen molar-refractivity contribution in [1.29, 1.82) is 0 Å². The van der Waals surface area contributed by atoms with E-state index in [9.17, 15) is 4.79 Å². The molecule has 0 spiro atoms. The summed E-state index contributed by atoms with van der Waals surface area (Å²) < 4.78 is 17.0. The minimum atomic E-state index is -0.242. The van der Waals surface area contributed by atoms with Crippen LogP contribution in [0, 0.1) is 6.92 Å². The smallest absolute Gasteiger partial charge is 0.257 e. The second kappa shape index (κ2) is 6.16. The fourth-order valence-corrected chi connectivity index (χ4v) is 3.01. The first-order chi connectivity index (χ1) is 11.7. The Labute approximate surface area is 139 Å². The normalized spacial score (nSPS) is 20.0. The van der Waals surface area contributed by atoms with E-state index in [2.05, 4.69) is 9.97 Å². The van der Waals surface area contributed by atoms with Gasteiger partial charge in [-0.1, -0.05) is 6.07 Å². The van der Waals surface area contributed by atoms with Crippen molar-refractivity contribution in [2.24, 2.45) is 0 Å². The third-order valence-corrected chi connectivity index (χ3v) is 4.18. The third kappa shape index (κ3) is 2.71. The Morgan fingerprint density at radius 2 is 2.17 bits per heavy atom. The molecule has 2 aromatic rings. The number of hydrogen-bond acceptors (Lipinski definition) is 5. The molecule has 4 rings (SSSR count). The zero-order valence-corrected chi connectivity index (χ0v) is 13.4. The summed E-state index contributed by atoms with van der Waals surface area (Å²) in [4.78, 5) is 22.2. The molecule has 0 unspecified atom stereocenters. The molecule has 1 fully saturated rings. The van der Waals surface area contributed by atoms with Crippen molar-refractivity contribution in [3.05, 3.63) is 41.5 Å². The fraction of sp³-hybridized carbons (Fsp3) is 0.412. The minimum Gasteiger partial charge on any atom is -0.486 e. The number of carbonyl (C=O) groups is 1. The highest BCUT2D eigenvalue weighted by Crippen LogP contribution is 2.35. The number of imidazole rings is 1. The van der Waals surface area contributed by atoms with Gasteiger partial charge in [-0.2, -0.15) is 0 Å². The summed E-state index contributed by atoms with van der Waals surface area (Å²) >= 11 is 0. The number of carbonyl (C=O) groups excluding carboxylic acids is 1. The van der Waals surface area contributed by atoms with Gasteiger partial charge in [0.2, 0.25) is 0 Å². The largest absolute Gasteiger partial charge is 0.486 e. The molecule has 1 saturated heterocycles. The number of aryl methyl sites for hydroxylation is 1. The summed E-state index contributed by atoms with van der Waals surface area (Å²) in [6.45, 7) is 4.37. The highest BCUT2D eigenvalue weighted by Gasteiger charge is 2.30. The number of H-pyrrole nitrogens is 1. The van der Waals surface area contributed by atoms with Crippen LogP contribution in [0.4, 0.5) is 0 Å². The Morgan fingerprint density at radius 3 is 3.00 bits per heavy atom. The number of nitrogens with one attached hydrogen (secondary N) is 1. The molecule has 1 aromatic carbocycles. The zero-order valence-electron chi connectivity index (χ0n) is 13.4. The van der Waals surface area contributed by atoms with Crippen molar-refractivity contribution in [1.82, 2.24) is 14.9 Å². The van der Waals surface area contributed by atoms with Gasteiger partial charge in [-0.25, -0.2) is 4.98 Å². The first kappa shape index (κ1) is 15.0. The molecular formula is C17H19N3O4. The van der Waals surface area contributed by atoms with Gasteiger partial charge in [0, 0.05) is 18.4 Å². The lowest BCUT2D eigenvalue weighted by Crippen LogP contribution is -2.42. The second-order valence-corrected chi connectivity index (χ2v) is 5.89. The number of morpholine rings is 1. The quantitative estimate of drug-likeness (QED) is 0.907. The molecule has 1 atom stereocenters. The molecule has 7 heteroatoms. The van der Waals surface area contributed by atoms with Gasteiger partial charge in [-0.15, -0.1) is 0 Å². The van der Waals surface area contributed by atoms with Crippen molar-refractivity contribution < 1.29 is 19.0 Å². The van der Waals surface area contributed by atoms with Crippen LogP contribution in [0.25, 0.3) is 0 Å². The number of hydrogen-bond donors (Lipinski definition) is 1. The lowest BCUT2D eigenvalue weighted by molar-refractivity contribution is -0.0266. The molecule has 0 bridgehead atoms. The number of benzene rings is 1. The van der Waals surface area contributed by atoms with Gasteiger partial charge in [0.25, 0.3) is 5.91 Å². The molecule has 2 aliphatic heterocycles. The summed E-state index contributed by atoms with van der Waals surface area (Å²) in [5.41, 5.74) is 1.50. The van der Waals surface area contributed by atoms with Crippen LogP contribution in [-0.2, 0) is 4.74 Å². The lowest BCUT2D eigenvalue weighted by atomic mass is 10.1. The van der Waals surface area contributed by atoms with Crippen LogP contribution in [0.1, 0.15) is 28.0 Å². The Bertz CT molecular complexity index is 758. The third-order valence-electron chi connectivity index (χ3n) is 4.18. The first-order valence-corrected chi connectivity index (χ1v) is 8.03. The lowest BCUT2D eigenvalue weighted by Gasteiger charge is -2.32. The van der Waals surface area contributed by atoms with Crippen LogP contribution in [0.15, 0.2) is 24.4 Å². The first-order valence-electron chi connectivity index (χ1n) is 8.03. The van der Waals surface area contributed by atoms with E-state index in [1.165, 1.54) is 0 Å². The van der Waals surface area contributed by atoms with E-state index in [0.717, 1.165) is 11.5 Å². The van der Waals surface area contributed by atoms with Crippen molar-refractivity contribution in [3.8, 4) is 11.5 Å². The molecular weight excluding hydrogens is 310 g/mol. The number of fused-ring (bicyclic) bond motifs is 1. The zero-order chi connectivity index (χ0) is 16.5. The van der Waals surface area contributed by atoms with E-state index in [1.807, 2.05) is 19.1 Å². The molecule has 0 aliphatic carbocycles. The molecule has 1 amide bonds. The fourth-order valence-electron chi connectivity index (χ4n) is 3.01. The van der Waals surface area contributed by atoms with Gasteiger partial charge in [-0.05, 0) is 19.1 Å². The van der Waals surface area contributed by atoms with Crippen molar-refractivity contribution in [2.75, 3.05) is 32.9 Å². The van der Waals surface area contributed by atoms with E-state index in [4.69, 9.17) is 14.2 Å². The summed E-state index contributed by atoms with van der Waals surface area (Å²) in [7, 11) is 0. The number of nitrogens with zero attached hydrogens (tertiary/aromatic N) is 2. The SMILES string of the molecule is Cc1cnc([C@@H]2CN(C(=O)c3cccc4c3OCCO4)CCO2)[nH]1. The number of amides is 1. The molecule has 1 N–H and O–H groups in total. The minimum absolute atomic E-state index is 0.0751. The van der Waals surface area contributed by atoms with Crippen molar-refractivity contribution in [2.45, 2.75) is 13.0 Å². The molecule has 126 valence electrons. The Kier molecular flexibility index (Phi) is 3.86. The van der Waals surface area contributed by atoms with E-state index >= 15 is 0 Å². The highest BCUT2D eigenvalue weighted by molar-refractivity contribution is 5.98. The van der Waals surface area contributed by atoms with Gasteiger partial charge in [-0.3, -0.25) is 4.79 Å². The summed E-state index contributed by atoms with van der Waals surface area (Å²) in [6.07, 6.45) is 1.52. The maximum atomic E-state index is 13.0. The van der Waals surface area contributed by atoms with Gasteiger partial charge < -0.3 is 24.1 Å². The number of rotatable bonds is 2. The van der Waals surface area contributed by atoms with E-state index < -0.39 is 0 Å². The number of para-hydroxylation sites is 1. The molecule has 2 aliphatic rings. The van der Waals surface area contributed by atoms with Crippen LogP contribution in [0.5, 0.6) is 11.5 Å². The molecule has 24 heavy (non-hydrogen) atoms. The topological polar surface area (TPSA) is 76.7 Å². The molecule has 7 nitrogen and oxygen atoms in total. The standard InChI is InChI=1S/C17H19N3O4/c1-11-9-18-16(19-11)14-10-20(5-6-22-14)17(21)12-3-2-4-13-15(12)24-8-7-23-13/h2-4,9,14H,5-8,10H2,1H3,(H,18,19)/t14-/m0/s1. The monoisotopic (exact) mass is 329 g/mol. The summed E-state index contributed by atoms with van der Waals surface area (Å²) in [6, 6.07) is 5.41. The summed E-state index contributed by atoms with van der Waals surface area (Å²) in [5, 5.41) is 0. The maximum absolute atomic E-state index is 13.0. The average molecular weight is 329 g/mol. The van der Waals surface area contributed by atoms with Crippen molar-refractivity contribution in [3.63, 3.8) is 0 Å². The van der Waals surface area contributed by atoms with Gasteiger partial charge in [0.05, 0.1) is 18.7 Å². The van der Waals surface area contributed by atoms with E-state index in [1.54, 1.807) is 17.2 Å². The maximum Gasteiger partial charge on any atom is 0.257 e. The molecule has 0 radical (unpaired) electrons.